The Morgan fingerprint density at radius 2 is 2.07 bits per heavy atom. The lowest BCUT2D eigenvalue weighted by Crippen LogP contribution is -2.03. The maximum Gasteiger partial charge on any atom is 0.270 e. The van der Waals surface area contributed by atoms with Crippen LogP contribution in [0.4, 0.5) is 11.4 Å². The second-order valence-electron chi connectivity index (χ2n) is 3.04. The largest absolute Gasteiger partial charge is 0.398 e. The van der Waals surface area contributed by atoms with Gasteiger partial charge in [-0.1, -0.05) is 0 Å². The van der Waals surface area contributed by atoms with Gasteiger partial charge in [0.25, 0.3) is 5.69 Å². The summed E-state index contributed by atoms with van der Waals surface area (Å²) in [6.07, 6.45) is 0. The Morgan fingerprint density at radius 3 is 2.50 bits per heavy atom. The van der Waals surface area contributed by atoms with Crippen LogP contribution < -0.4 is 5.73 Å². The molecule has 0 unspecified atom stereocenters. The second-order valence-corrected chi connectivity index (χ2v) is 3.04. The van der Waals surface area contributed by atoms with Gasteiger partial charge < -0.3 is 5.73 Å². The van der Waals surface area contributed by atoms with Gasteiger partial charge in [0.1, 0.15) is 0 Å². The van der Waals surface area contributed by atoms with Crippen molar-refractivity contribution in [3.8, 4) is 0 Å². The number of benzene rings is 1. The van der Waals surface area contributed by atoms with Crippen molar-refractivity contribution >= 4 is 17.2 Å². The maximum absolute atomic E-state index is 11.1. The summed E-state index contributed by atoms with van der Waals surface area (Å²) >= 11 is 0. The number of aryl methyl sites for hydroxylation is 1. The van der Waals surface area contributed by atoms with Crippen molar-refractivity contribution in [3.05, 3.63) is 33.4 Å². The lowest BCUT2D eigenvalue weighted by Gasteiger charge is -2.04. The van der Waals surface area contributed by atoms with Crippen LogP contribution in [0.25, 0.3) is 0 Å². The fourth-order valence-electron chi connectivity index (χ4n) is 1.18. The minimum Gasteiger partial charge on any atom is -0.398 e. The van der Waals surface area contributed by atoms with Crippen LogP contribution >= 0.6 is 0 Å². The Kier molecular flexibility index (Phi) is 2.51. The molecule has 0 aliphatic carbocycles. The molecule has 1 aromatic rings. The summed E-state index contributed by atoms with van der Waals surface area (Å²) < 4.78 is 0. The first-order valence-electron chi connectivity index (χ1n) is 3.99. The molecule has 0 fully saturated rings. The topological polar surface area (TPSA) is 86.2 Å². The number of non-ortho nitro benzene ring substituents is 1. The number of nitro benzene ring substituents is 1. The standard InChI is InChI=1S/C9H10N2O3/c1-5-3-7(11(13)14)4-8(6(2)12)9(5)10/h3-4H,10H2,1-2H3. The molecule has 0 heterocycles. The van der Waals surface area contributed by atoms with Crippen LogP contribution in [0.15, 0.2) is 12.1 Å². The first-order chi connectivity index (χ1) is 6.43. The first kappa shape index (κ1) is 10.2. The van der Waals surface area contributed by atoms with Crippen LogP contribution in [0.5, 0.6) is 0 Å². The molecule has 5 heteroatoms. The summed E-state index contributed by atoms with van der Waals surface area (Å²) in [7, 11) is 0. The van der Waals surface area contributed by atoms with Crippen LogP contribution in [0.1, 0.15) is 22.8 Å². The van der Waals surface area contributed by atoms with Crippen LogP contribution in [-0.4, -0.2) is 10.7 Å². The fourth-order valence-corrected chi connectivity index (χ4v) is 1.18. The normalized spacial score (nSPS) is 9.86. The molecule has 74 valence electrons. The molecule has 0 amide bonds. The van der Waals surface area contributed by atoms with E-state index in [2.05, 4.69) is 0 Å². The smallest absolute Gasteiger partial charge is 0.270 e. The van der Waals surface area contributed by atoms with E-state index >= 15 is 0 Å². The number of hydrogen-bond acceptors (Lipinski definition) is 4. The van der Waals surface area contributed by atoms with E-state index in [4.69, 9.17) is 5.73 Å². The highest BCUT2D eigenvalue weighted by Gasteiger charge is 2.14. The van der Waals surface area contributed by atoms with Crippen molar-refractivity contribution in [1.82, 2.24) is 0 Å². The molecule has 0 aromatic heterocycles. The molecule has 0 spiro atoms. The molecule has 2 N–H and O–H groups in total. The van der Waals surface area contributed by atoms with Crippen molar-refractivity contribution < 1.29 is 9.72 Å². The van der Waals surface area contributed by atoms with Crippen molar-refractivity contribution in [3.63, 3.8) is 0 Å². The third kappa shape index (κ3) is 1.71. The number of hydrogen-bond donors (Lipinski definition) is 1. The fraction of sp³-hybridized carbons (Fsp3) is 0.222. The van der Waals surface area contributed by atoms with Crippen LogP contribution in [0.3, 0.4) is 0 Å². The average molecular weight is 194 g/mol. The minimum absolute atomic E-state index is 0.109. The average Bonchev–Trinajstić information content (AvgIpc) is 2.08. The molecule has 1 rings (SSSR count). The maximum atomic E-state index is 11.1. The second kappa shape index (κ2) is 3.45. The van der Waals surface area contributed by atoms with Crippen molar-refractivity contribution in [2.45, 2.75) is 13.8 Å². The molecule has 0 aliphatic heterocycles. The summed E-state index contributed by atoms with van der Waals surface area (Å²) in [5, 5.41) is 10.5. The number of carbonyl (C=O) groups is 1. The number of Topliss-reactive ketones (excluding diaryl/α,β-unsaturated/α-hetero) is 1. The molecule has 0 atom stereocenters. The van der Waals surface area contributed by atoms with Gasteiger partial charge in [-0.25, -0.2) is 0 Å². The highest BCUT2D eigenvalue weighted by atomic mass is 16.6. The van der Waals surface area contributed by atoms with Gasteiger partial charge in [-0.2, -0.15) is 0 Å². The van der Waals surface area contributed by atoms with E-state index in [1.54, 1.807) is 6.92 Å². The summed E-state index contributed by atoms with van der Waals surface area (Å²) in [6.45, 7) is 2.96. The number of ketones is 1. The predicted molar refractivity (Wildman–Crippen MR) is 52.3 cm³/mol. The molecule has 0 radical (unpaired) electrons. The SMILES string of the molecule is CC(=O)c1cc([N+](=O)[O-])cc(C)c1N. The lowest BCUT2D eigenvalue weighted by molar-refractivity contribution is -0.384. The lowest BCUT2D eigenvalue weighted by atomic mass is 10.0. The van der Waals surface area contributed by atoms with Crippen LogP contribution in [0.2, 0.25) is 0 Å². The van der Waals surface area contributed by atoms with Crippen molar-refractivity contribution in [2.24, 2.45) is 0 Å². The molecule has 14 heavy (non-hydrogen) atoms. The zero-order chi connectivity index (χ0) is 10.9. The van der Waals surface area contributed by atoms with E-state index in [9.17, 15) is 14.9 Å². The number of nitro groups is 1. The van der Waals surface area contributed by atoms with Crippen molar-refractivity contribution in [1.29, 1.82) is 0 Å². The van der Waals surface area contributed by atoms with Gasteiger partial charge in [0.2, 0.25) is 0 Å². The monoisotopic (exact) mass is 194 g/mol. The first-order valence-corrected chi connectivity index (χ1v) is 3.99. The number of nitrogen functional groups attached to an aromatic ring is 1. The number of rotatable bonds is 2. The molecule has 1 aromatic carbocycles. The molecule has 0 saturated carbocycles. The summed E-state index contributed by atoms with van der Waals surface area (Å²) in [4.78, 5) is 21.0. The third-order valence-electron chi connectivity index (χ3n) is 1.96. The van der Waals surface area contributed by atoms with Crippen LogP contribution in [-0.2, 0) is 0 Å². The van der Waals surface area contributed by atoms with Crippen molar-refractivity contribution in [2.75, 3.05) is 5.73 Å². The van der Waals surface area contributed by atoms with E-state index in [0.29, 0.717) is 11.3 Å². The third-order valence-corrected chi connectivity index (χ3v) is 1.96. The molecule has 0 aliphatic rings. The number of nitrogens with zero attached hydrogens (tertiary/aromatic N) is 1. The summed E-state index contributed by atoms with van der Waals surface area (Å²) in [5.74, 6) is -0.269. The molecular formula is C9H10N2O3. The molecule has 0 bridgehead atoms. The molecular weight excluding hydrogens is 184 g/mol. The number of carbonyl (C=O) groups excluding carboxylic acids is 1. The Morgan fingerprint density at radius 1 is 1.50 bits per heavy atom. The van der Waals surface area contributed by atoms with Gasteiger partial charge in [0.05, 0.1) is 4.92 Å². The Hall–Kier alpha value is -1.91. The zero-order valence-corrected chi connectivity index (χ0v) is 7.90. The van der Waals surface area contributed by atoms with E-state index < -0.39 is 4.92 Å². The summed E-state index contributed by atoms with van der Waals surface area (Å²) in [6, 6.07) is 2.55. The van der Waals surface area contributed by atoms with Gasteiger partial charge in [0, 0.05) is 23.4 Å². The van der Waals surface area contributed by atoms with Crippen LogP contribution in [0, 0.1) is 17.0 Å². The van der Waals surface area contributed by atoms with Gasteiger partial charge in [0.15, 0.2) is 5.78 Å². The number of nitrogens with two attached hydrogens (primary N) is 1. The minimum atomic E-state index is -0.543. The van der Waals surface area contributed by atoms with E-state index in [0.717, 1.165) is 0 Å². The highest BCUT2D eigenvalue weighted by Crippen LogP contribution is 2.24. The molecule has 0 saturated heterocycles. The van der Waals surface area contributed by atoms with Gasteiger partial charge in [-0.05, 0) is 19.4 Å². The van der Waals surface area contributed by atoms with E-state index in [1.807, 2.05) is 0 Å². The Labute approximate surface area is 80.7 Å². The van der Waals surface area contributed by atoms with Gasteiger partial charge in [-0.15, -0.1) is 0 Å². The quantitative estimate of drug-likeness (QED) is 0.336. The zero-order valence-electron chi connectivity index (χ0n) is 7.90. The Balaban J connectivity index is 3.43. The highest BCUT2D eigenvalue weighted by molar-refractivity contribution is 6.00. The predicted octanol–water partition coefficient (Wildman–Crippen LogP) is 1.69. The summed E-state index contributed by atoms with van der Waals surface area (Å²) in [5.41, 5.74) is 6.56. The number of anilines is 1. The van der Waals surface area contributed by atoms with E-state index in [-0.39, 0.29) is 17.0 Å². The Bertz CT molecular complexity index is 413. The molecule has 5 nitrogen and oxygen atoms in total. The van der Waals surface area contributed by atoms with E-state index in [1.165, 1.54) is 19.1 Å². The van der Waals surface area contributed by atoms with Gasteiger partial charge >= 0.3 is 0 Å². The van der Waals surface area contributed by atoms with Gasteiger partial charge in [-0.3, -0.25) is 14.9 Å².